The number of fused-ring (bicyclic) bond motifs is 1. The Hall–Kier alpha value is -1.31. The Morgan fingerprint density at radius 1 is 1.29 bits per heavy atom. The van der Waals surface area contributed by atoms with Gasteiger partial charge in [0.05, 0.1) is 11.0 Å². The minimum atomic E-state index is 0.990. The Labute approximate surface area is 84.6 Å². The molecule has 0 unspecified atom stereocenters. The first-order valence-corrected chi connectivity index (χ1v) is 5.06. The second-order valence-electron chi connectivity index (χ2n) is 3.89. The molecule has 2 heteroatoms. The lowest BCUT2D eigenvalue weighted by Crippen LogP contribution is -1.94. The van der Waals surface area contributed by atoms with E-state index in [1.807, 2.05) is 0 Å². The average molecular weight is 188 g/mol. The molecule has 0 fully saturated rings. The maximum absolute atomic E-state index is 4.63. The fourth-order valence-corrected chi connectivity index (χ4v) is 2.00. The predicted molar refractivity (Wildman–Crippen MR) is 59.6 cm³/mol. The summed E-state index contributed by atoms with van der Waals surface area (Å²) in [6.45, 7) is 6.40. The van der Waals surface area contributed by atoms with Crippen LogP contribution in [0.2, 0.25) is 0 Å². The van der Waals surface area contributed by atoms with Crippen molar-refractivity contribution in [1.29, 1.82) is 0 Å². The van der Waals surface area contributed by atoms with E-state index in [0.717, 1.165) is 17.8 Å². The zero-order chi connectivity index (χ0) is 10.3. The highest BCUT2D eigenvalue weighted by atomic mass is 15.1. The van der Waals surface area contributed by atoms with Gasteiger partial charge < -0.3 is 4.57 Å². The molecule has 0 N–H and O–H groups in total. The first kappa shape index (κ1) is 9.25. The maximum Gasteiger partial charge on any atom is 0.109 e. The van der Waals surface area contributed by atoms with Crippen LogP contribution >= 0.6 is 0 Å². The predicted octanol–water partition coefficient (Wildman–Crippen LogP) is 2.75. The normalized spacial score (nSPS) is 11.1. The van der Waals surface area contributed by atoms with E-state index in [4.69, 9.17) is 0 Å². The van der Waals surface area contributed by atoms with Crippen LogP contribution in [-0.4, -0.2) is 9.55 Å². The third kappa shape index (κ3) is 1.22. The SMILES string of the molecule is CCc1nc2c(C)cc(C)cc2n1C. The number of hydrogen-bond acceptors (Lipinski definition) is 1. The minimum Gasteiger partial charge on any atom is -0.331 e. The van der Waals surface area contributed by atoms with Crippen LogP contribution in [0.3, 0.4) is 0 Å². The molecule has 1 heterocycles. The Morgan fingerprint density at radius 3 is 2.64 bits per heavy atom. The van der Waals surface area contributed by atoms with Crippen LogP contribution in [0.1, 0.15) is 23.9 Å². The smallest absolute Gasteiger partial charge is 0.109 e. The third-order valence-electron chi connectivity index (χ3n) is 2.73. The van der Waals surface area contributed by atoms with Gasteiger partial charge in [0.25, 0.3) is 0 Å². The lowest BCUT2D eigenvalue weighted by molar-refractivity contribution is 0.829. The number of aryl methyl sites for hydroxylation is 4. The second kappa shape index (κ2) is 3.12. The van der Waals surface area contributed by atoms with Gasteiger partial charge in [-0.05, 0) is 31.0 Å². The van der Waals surface area contributed by atoms with E-state index >= 15 is 0 Å². The van der Waals surface area contributed by atoms with Gasteiger partial charge in [-0.2, -0.15) is 0 Å². The zero-order valence-electron chi connectivity index (χ0n) is 9.26. The molecule has 0 atom stereocenters. The molecule has 74 valence electrons. The summed E-state index contributed by atoms with van der Waals surface area (Å²) in [4.78, 5) is 4.63. The second-order valence-corrected chi connectivity index (χ2v) is 3.89. The number of hydrogen-bond donors (Lipinski definition) is 0. The molecular weight excluding hydrogens is 172 g/mol. The van der Waals surface area contributed by atoms with Crippen molar-refractivity contribution in [3.63, 3.8) is 0 Å². The minimum absolute atomic E-state index is 0.990. The van der Waals surface area contributed by atoms with E-state index < -0.39 is 0 Å². The topological polar surface area (TPSA) is 17.8 Å². The van der Waals surface area contributed by atoms with Gasteiger partial charge in [0, 0.05) is 13.5 Å². The molecule has 0 aliphatic heterocycles. The molecule has 0 aliphatic rings. The van der Waals surface area contributed by atoms with Crippen molar-refractivity contribution < 1.29 is 0 Å². The van der Waals surface area contributed by atoms with Crippen molar-refractivity contribution in [2.75, 3.05) is 0 Å². The Kier molecular flexibility index (Phi) is 2.06. The molecule has 0 bridgehead atoms. The molecule has 0 amide bonds. The van der Waals surface area contributed by atoms with Crippen molar-refractivity contribution in [2.45, 2.75) is 27.2 Å². The first-order valence-electron chi connectivity index (χ1n) is 5.06. The lowest BCUT2D eigenvalue weighted by Gasteiger charge is -2.00. The summed E-state index contributed by atoms with van der Waals surface area (Å²) in [5.74, 6) is 1.16. The zero-order valence-corrected chi connectivity index (χ0v) is 9.26. The fraction of sp³-hybridized carbons (Fsp3) is 0.417. The molecule has 0 radical (unpaired) electrons. The molecular formula is C12H16N2. The molecule has 0 spiro atoms. The molecule has 14 heavy (non-hydrogen) atoms. The van der Waals surface area contributed by atoms with Gasteiger partial charge in [0.1, 0.15) is 5.82 Å². The molecule has 2 nitrogen and oxygen atoms in total. The number of nitrogens with zero attached hydrogens (tertiary/aromatic N) is 2. The van der Waals surface area contributed by atoms with Gasteiger partial charge in [-0.25, -0.2) is 4.98 Å². The van der Waals surface area contributed by atoms with Crippen LogP contribution in [0.25, 0.3) is 11.0 Å². The maximum atomic E-state index is 4.63. The van der Waals surface area contributed by atoms with Crippen molar-refractivity contribution in [3.8, 4) is 0 Å². The molecule has 0 saturated heterocycles. The quantitative estimate of drug-likeness (QED) is 0.673. The molecule has 0 aliphatic carbocycles. The van der Waals surface area contributed by atoms with E-state index in [0.29, 0.717) is 0 Å². The highest BCUT2D eigenvalue weighted by molar-refractivity contribution is 5.80. The molecule has 2 aromatic rings. The van der Waals surface area contributed by atoms with Crippen LogP contribution in [0.15, 0.2) is 12.1 Å². The largest absolute Gasteiger partial charge is 0.331 e. The number of benzene rings is 1. The van der Waals surface area contributed by atoms with E-state index in [9.17, 15) is 0 Å². The number of rotatable bonds is 1. The molecule has 0 saturated carbocycles. The van der Waals surface area contributed by atoms with Crippen LogP contribution < -0.4 is 0 Å². The summed E-state index contributed by atoms with van der Waals surface area (Å²) >= 11 is 0. The third-order valence-corrected chi connectivity index (χ3v) is 2.73. The Bertz CT molecular complexity index is 481. The van der Waals surface area contributed by atoms with Crippen LogP contribution in [-0.2, 0) is 13.5 Å². The van der Waals surface area contributed by atoms with Gasteiger partial charge in [0.15, 0.2) is 0 Å². The summed E-state index contributed by atoms with van der Waals surface area (Å²) in [6.07, 6.45) is 0.990. The van der Waals surface area contributed by atoms with E-state index in [1.54, 1.807) is 0 Å². The van der Waals surface area contributed by atoms with Crippen LogP contribution in [0.5, 0.6) is 0 Å². The number of aromatic nitrogens is 2. The summed E-state index contributed by atoms with van der Waals surface area (Å²) in [7, 11) is 2.09. The average Bonchev–Trinajstić information content (AvgIpc) is 2.44. The van der Waals surface area contributed by atoms with E-state index in [1.165, 1.54) is 16.6 Å². The lowest BCUT2D eigenvalue weighted by atomic mass is 10.1. The summed E-state index contributed by atoms with van der Waals surface area (Å²) in [5.41, 5.74) is 4.98. The van der Waals surface area contributed by atoms with Gasteiger partial charge in [-0.15, -0.1) is 0 Å². The first-order chi connectivity index (χ1) is 6.63. The van der Waals surface area contributed by atoms with Gasteiger partial charge in [-0.1, -0.05) is 13.0 Å². The van der Waals surface area contributed by atoms with Crippen molar-refractivity contribution in [3.05, 3.63) is 29.1 Å². The van der Waals surface area contributed by atoms with Crippen molar-refractivity contribution >= 4 is 11.0 Å². The van der Waals surface area contributed by atoms with Gasteiger partial charge in [0.2, 0.25) is 0 Å². The number of imidazole rings is 1. The highest BCUT2D eigenvalue weighted by Gasteiger charge is 2.08. The van der Waals surface area contributed by atoms with Gasteiger partial charge >= 0.3 is 0 Å². The Morgan fingerprint density at radius 2 is 2.00 bits per heavy atom. The fourth-order valence-electron chi connectivity index (χ4n) is 2.00. The molecule has 2 rings (SSSR count). The standard InChI is InChI=1S/C12H16N2/c1-5-11-13-12-9(3)6-8(2)7-10(12)14(11)4/h6-7H,5H2,1-4H3. The van der Waals surface area contributed by atoms with E-state index in [2.05, 4.69) is 49.5 Å². The van der Waals surface area contributed by atoms with E-state index in [-0.39, 0.29) is 0 Å². The Balaban J connectivity index is 2.85. The van der Waals surface area contributed by atoms with Crippen LogP contribution in [0.4, 0.5) is 0 Å². The molecule has 1 aromatic carbocycles. The van der Waals surface area contributed by atoms with Crippen molar-refractivity contribution in [2.24, 2.45) is 7.05 Å². The monoisotopic (exact) mass is 188 g/mol. The molecule has 1 aromatic heterocycles. The van der Waals surface area contributed by atoms with Gasteiger partial charge in [-0.3, -0.25) is 0 Å². The van der Waals surface area contributed by atoms with Crippen LogP contribution in [0, 0.1) is 13.8 Å². The summed E-state index contributed by atoms with van der Waals surface area (Å²) in [5, 5.41) is 0. The highest BCUT2D eigenvalue weighted by Crippen LogP contribution is 2.20. The summed E-state index contributed by atoms with van der Waals surface area (Å²) in [6, 6.07) is 4.39. The summed E-state index contributed by atoms with van der Waals surface area (Å²) < 4.78 is 2.19. The van der Waals surface area contributed by atoms with Crippen molar-refractivity contribution in [1.82, 2.24) is 9.55 Å².